The summed E-state index contributed by atoms with van der Waals surface area (Å²) in [6.45, 7) is 2.07. The second-order valence-electron chi connectivity index (χ2n) is 4.95. The van der Waals surface area contributed by atoms with Crippen molar-refractivity contribution in [3.05, 3.63) is 78.0 Å². The number of hydrogen-bond donors (Lipinski definition) is 0. The first kappa shape index (κ1) is 13.1. The Morgan fingerprint density at radius 2 is 1.52 bits per heavy atom. The summed E-state index contributed by atoms with van der Waals surface area (Å²) in [4.78, 5) is 4.53. The van der Waals surface area contributed by atoms with Crippen molar-refractivity contribution >= 4 is 0 Å². The molecule has 0 N–H and O–H groups in total. The van der Waals surface area contributed by atoms with E-state index in [2.05, 4.69) is 48.3 Å². The minimum Gasteiger partial charge on any atom is -0.256 e. The topological polar surface area (TPSA) is 36.7 Å². The van der Waals surface area contributed by atoms with Crippen LogP contribution < -0.4 is 0 Å². The lowest BCUT2D eigenvalue weighted by molar-refractivity contribution is 1.32. The molecule has 0 saturated carbocycles. The van der Waals surface area contributed by atoms with Gasteiger partial charge >= 0.3 is 0 Å². The molecule has 100 valence electrons. The van der Waals surface area contributed by atoms with Crippen molar-refractivity contribution in [2.45, 2.75) is 6.92 Å². The van der Waals surface area contributed by atoms with Gasteiger partial charge in [0.25, 0.3) is 0 Å². The summed E-state index contributed by atoms with van der Waals surface area (Å²) in [5.41, 5.74) is 6.10. The predicted molar refractivity (Wildman–Crippen MR) is 84.6 cm³/mol. The van der Waals surface area contributed by atoms with E-state index in [0.29, 0.717) is 5.56 Å². The van der Waals surface area contributed by atoms with Crippen LogP contribution >= 0.6 is 0 Å². The third-order valence-corrected chi connectivity index (χ3v) is 3.46. The highest BCUT2D eigenvalue weighted by atomic mass is 14.7. The van der Waals surface area contributed by atoms with Crippen LogP contribution in [0.15, 0.2) is 66.9 Å². The molecule has 0 aliphatic rings. The van der Waals surface area contributed by atoms with E-state index in [9.17, 15) is 0 Å². The van der Waals surface area contributed by atoms with Crippen molar-refractivity contribution in [1.29, 1.82) is 5.26 Å². The van der Waals surface area contributed by atoms with Crippen molar-refractivity contribution in [1.82, 2.24) is 4.98 Å². The summed E-state index contributed by atoms with van der Waals surface area (Å²) < 4.78 is 0. The average molecular weight is 270 g/mol. The van der Waals surface area contributed by atoms with Gasteiger partial charge in [0.05, 0.1) is 17.3 Å². The summed E-state index contributed by atoms with van der Waals surface area (Å²) >= 11 is 0. The third-order valence-electron chi connectivity index (χ3n) is 3.46. The molecule has 2 heteroatoms. The zero-order chi connectivity index (χ0) is 14.7. The van der Waals surface area contributed by atoms with Crippen molar-refractivity contribution in [3.63, 3.8) is 0 Å². The maximum absolute atomic E-state index is 8.90. The second-order valence-corrected chi connectivity index (χ2v) is 4.95. The first-order valence-corrected chi connectivity index (χ1v) is 6.80. The van der Waals surface area contributed by atoms with Crippen LogP contribution in [0.25, 0.3) is 22.4 Å². The van der Waals surface area contributed by atoms with E-state index < -0.39 is 0 Å². The van der Waals surface area contributed by atoms with E-state index in [1.54, 1.807) is 0 Å². The molecule has 0 bridgehead atoms. The van der Waals surface area contributed by atoms with Crippen molar-refractivity contribution < 1.29 is 0 Å². The molecule has 21 heavy (non-hydrogen) atoms. The highest BCUT2D eigenvalue weighted by molar-refractivity contribution is 5.80. The molecule has 0 saturated heterocycles. The zero-order valence-corrected chi connectivity index (χ0v) is 11.7. The zero-order valence-electron chi connectivity index (χ0n) is 11.7. The highest BCUT2D eigenvalue weighted by Crippen LogP contribution is 2.30. The van der Waals surface area contributed by atoms with Gasteiger partial charge in [-0.1, -0.05) is 48.0 Å². The Bertz CT molecular complexity index is 794. The molecule has 0 unspecified atom stereocenters. The average Bonchev–Trinajstić information content (AvgIpc) is 2.56. The normalized spacial score (nSPS) is 10.1. The standard InChI is InChI=1S/C19H14N2/c1-14-4-8-17(9-5-14)19-18(3-2-12-21-19)16-10-6-15(13-20)7-11-16/h2-12H,1H3. The van der Waals surface area contributed by atoms with Gasteiger partial charge < -0.3 is 0 Å². The van der Waals surface area contributed by atoms with Crippen LogP contribution in [0.4, 0.5) is 0 Å². The monoisotopic (exact) mass is 270 g/mol. The van der Waals surface area contributed by atoms with Gasteiger partial charge in [-0.25, -0.2) is 0 Å². The number of pyridine rings is 1. The van der Waals surface area contributed by atoms with E-state index in [1.807, 2.05) is 36.5 Å². The minimum atomic E-state index is 0.666. The maximum Gasteiger partial charge on any atom is 0.0991 e. The van der Waals surface area contributed by atoms with E-state index in [4.69, 9.17) is 5.26 Å². The van der Waals surface area contributed by atoms with Crippen LogP contribution in [0, 0.1) is 18.3 Å². The summed E-state index contributed by atoms with van der Waals surface area (Å²) in [5.74, 6) is 0. The van der Waals surface area contributed by atoms with Crippen molar-refractivity contribution in [3.8, 4) is 28.5 Å². The summed E-state index contributed by atoms with van der Waals surface area (Å²) in [5, 5.41) is 8.90. The second kappa shape index (κ2) is 5.60. The quantitative estimate of drug-likeness (QED) is 0.682. The maximum atomic E-state index is 8.90. The Labute approximate surface area is 124 Å². The molecular formula is C19H14N2. The van der Waals surface area contributed by atoms with Crippen LogP contribution in [-0.2, 0) is 0 Å². The van der Waals surface area contributed by atoms with E-state index >= 15 is 0 Å². The first-order chi connectivity index (χ1) is 10.3. The summed E-state index contributed by atoms with van der Waals surface area (Å²) in [6.07, 6.45) is 1.81. The third kappa shape index (κ3) is 2.68. The number of nitrogens with zero attached hydrogens (tertiary/aromatic N) is 2. The SMILES string of the molecule is Cc1ccc(-c2ncccc2-c2ccc(C#N)cc2)cc1. The van der Waals surface area contributed by atoms with Crippen LogP contribution in [-0.4, -0.2) is 4.98 Å². The fraction of sp³-hybridized carbons (Fsp3) is 0.0526. The molecule has 1 heterocycles. The molecular weight excluding hydrogens is 256 g/mol. The smallest absolute Gasteiger partial charge is 0.0991 e. The molecule has 0 atom stereocenters. The van der Waals surface area contributed by atoms with Crippen LogP contribution in [0.5, 0.6) is 0 Å². The Morgan fingerprint density at radius 3 is 2.19 bits per heavy atom. The summed E-state index contributed by atoms with van der Waals surface area (Å²) in [7, 11) is 0. The van der Waals surface area contributed by atoms with Gasteiger partial charge in [-0.3, -0.25) is 4.98 Å². The number of hydrogen-bond acceptors (Lipinski definition) is 2. The van der Waals surface area contributed by atoms with E-state index in [1.165, 1.54) is 5.56 Å². The van der Waals surface area contributed by atoms with Crippen LogP contribution in [0.3, 0.4) is 0 Å². The fourth-order valence-corrected chi connectivity index (χ4v) is 2.30. The van der Waals surface area contributed by atoms with Crippen molar-refractivity contribution in [2.24, 2.45) is 0 Å². The number of nitriles is 1. The molecule has 2 aromatic carbocycles. The number of rotatable bonds is 2. The Kier molecular flexibility index (Phi) is 3.49. The highest BCUT2D eigenvalue weighted by Gasteiger charge is 2.08. The predicted octanol–water partition coefficient (Wildman–Crippen LogP) is 4.60. The molecule has 0 aliphatic heterocycles. The van der Waals surface area contributed by atoms with Gasteiger partial charge in [0, 0.05) is 17.3 Å². The molecule has 0 aliphatic carbocycles. The van der Waals surface area contributed by atoms with Gasteiger partial charge in [0.1, 0.15) is 0 Å². The lowest BCUT2D eigenvalue weighted by atomic mass is 9.98. The molecule has 0 radical (unpaired) electrons. The van der Waals surface area contributed by atoms with Gasteiger partial charge in [0.15, 0.2) is 0 Å². The Balaban J connectivity index is 2.11. The molecule has 3 rings (SSSR count). The Morgan fingerprint density at radius 1 is 0.857 bits per heavy atom. The fourth-order valence-electron chi connectivity index (χ4n) is 2.30. The summed E-state index contributed by atoms with van der Waals surface area (Å²) in [6, 6.07) is 22.1. The Hall–Kier alpha value is -2.92. The van der Waals surface area contributed by atoms with Gasteiger partial charge in [-0.15, -0.1) is 0 Å². The molecule has 0 fully saturated rings. The molecule has 3 aromatic rings. The number of aromatic nitrogens is 1. The van der Waals surface area contributed by atoms with E-state index in [0.717, 1.165) is 22.4 Å². The van der Waals surface area contributed by atoms with Gasteiger partial charge in [-0.05, 0) is 30.7 Å². The van der Waals surface area contributed by atoms with Crippen LogP contribution in [0.1, 0.15) is 11.1 Å². The van der Waals surface area contributed by atoms with Gasteiger partial charge in [0.2, 0.25) is 0 Å². The molecule has 0 spiro atoms. The lowest BCUT2D eigenvalue weighted by Gasteiger charge is -2.09. The first-order valence-electron chi connectivity index (χ1n) is 6.80. The largest absolute Gasteiger partial charge is 0.256 e. The number of benzene rings is 2. The molecule has 0 amide bonds. The minimum absolute atomic E-state index is 0.666. The molecule has 2 nitrogen and oxygen atoms in total. The van der Waals surface area contributed by atoms with Crippen LogP contribution in [0.2, 0.25) is 0 Å². The van der Waals surface area contributed by atoms with E-state index in [-0.39, 0.29) is 0 Å². The molecule has 1 aromatic heterocycles. The van der Waals surface area contributed by atoms with Gasteiger partial charge in [-0.2, -0.15) is 5.26 Å². The number of aryl methyl sites for hydroxylation is 1. The lowest BCUT2D eigenvalue weighted by Crippen LogP contribution is -1.89. The van der Waals surface area contributed by atoms with Crippen molar-refractivity contribution in [2.75, 3.05) is 0 Å².